The summed E-state index contributed by atoms with van der Waals surface area (Å²) in [6, 6.07) is 5.84. The number of aliphatic hydroxyl groups is 1. The monoisotopic (exact) mass is 264 g/mol. The van der Waals surface area contributed by atoms with Gasteiger partial charge >= 0.3 is 0 Å². The number of rotatable bonds is 2. The first-order chi connectivity index (χ1) is 6.79. The zero-order valence-corrected chi connectivity index (χ0v) is 10.7. The van der Waals surface area contributed by atoms with Gasteiger partial charge in [-0.2, -0.15) is 0 Å². The number of nitrogens with one attached hydrogen (secondary N) is 1. The van der Waals surface area contributed by atoms with E-state index in [4.69, 9.17) is 0 Å². The van der Waals surface area contributed by atoms with Crippen LogP contribution in [0, 0.1) is 0 Å². The molecule has 0 atom stereocenters. The first kappa shape index (κ1) is 15.7. The molecule has 0 radical (unpaired) electrons. The third kappa shape index (κ3) is 4.26. The maximum absolute atomic E-state index is 10.2. The van der Waals surface area contributed by atoms with Gasteiger partial charge in [0, 0.05) is 18.3 Å². The van der Waals surface area contributed by atoms with Crippen LogP contribution in [0.15, 0.2) is 24.4 Å². The van der Waals surface area contributed by atoms with Gasteiger partial charge in [0.25, 0.3) is 0 Å². The molecule has 0 amide bonds. The highest BCUT2D eigenvalue weighted by atomic mass is 35.5. The summed E-state index contributed by atoms with van der Waals surface area (Å²) in [7, 11) is 0. The third-order valence-corrected chi connectivity index (χ3v) is 2.77. The van der Waals surface area contributed by atoms with E-state index in [1.54, 1.807) is 6.20 Å². The van der Waals surface area contributed by atoms with Gasteiger partial charge < -0.3 is 10.4 Å². The van der Waals surface area contributed by atoms with Gasteiger partial charge in [-0.1, -0.05) is 6.07 Å². The third-order valence-electron chi connectivity index (χ3n) is 2.77. The van der Waals surface area contributed by atoms with Crippen LogP contribution in [0.2, 0.25) is 0 Å². The van der Waals surface area contributed by atoms with E-state index in [0.29, 0.717) is 6.42 Å². The summed E-state index contributed by atoms with van der Waals surface area (Å²) in [5, 5.41) is 13.5. The molecule has 1 fully saturated rings. The van der Waals surface area contributed by atoms with Gasteiger partial charge in [-0.25, -0.2) is 0 Å². The molecule has 0 saturated carbocycles. The Kier molecular flexibility index (Phi) is 6.91. The van der Waals surface area contributed by atoms with Crippen LogP contribution in [0.4, 0.5) is 0 Å². The summed E-state index contributed by atoms with van der Waals surface area (Å²) >= 11 is 0. The van der Waals surface area contributed by atoms with Crippen LogP contribution in [0.1, 0.15) is 18.5 Å². The van der Waals surface area contributed by atoms with E-state index in [0.717, 1.165) is 31.6 Å². The van der Waals surface area contributed by atoms with Crippen molar-refractivity contribution in [3.63, 3.8) is 0 Å². The molecule has 1 aliphatic heterocycles. The van der Waals surface area contributed by atoms with E-state index >= 15 is 0 Å². The standard InChI is InChI=1S/C11H16N2O.2ClH/c14-11(4-7-12-8-5-11)9-10-3-1-2-6-13-10;;/h1-3,6,12,14H,4-5,7-9H2;2*1H. The zero-order chi connectivity index (χ0) is 9.86. The maximum Gasteiger partial charge on any atom is 0.0727 e. The predicted octanol–water partition coefficient (Wildman–Crippen LogP) is 1.58. The molecule has 0 aliphatic carbocycles. The van der Waals surface area contributed by atoms with Crippen molar-refractivity contribution >= 4 is 24.8 Å². The molecular weight excluding hydrogens is 247 g/mol. The molecule has 2 rings (SSSR count). The van der Waals surface area contributed by atoms with E-state index in [1.165, 1.54) is 0 Å². The quantitative estimate of drug-likeness (QED) is 0.853. The summed E-state index contributed by atoms with van der Waals surface area (Å²) in [5.74, 6) is 0. The molecule has 1 aromatic heterocycles. The molecular formula is C11H18Cl2N2O. The second kappa shape index (κ2) is 7.07. The van der Waals surface area contributed by atoms with Crippen molar-refractivity contribution in [1.29, 1.82) is 0 Å². The lowest BCUT2D eigenvalue weighted by molar-refractivity contribution is 0.0100. The van der Waals surface area contributed by atoms with E-state index in [2.05, 4.69) is 10.3 Å². The van der Waals surface area contributed by atoms with Crippen molar-refractivity contribution in [3.05, 3.63) is 30.1 Å². The number of halogens is 2. The van der Waals surface area contributed by atoms with Crippen LogP contribution >= 0.6 is 24.8 Å². The molecule has 2 N–H and O–H groups in total. The van der Waals surface area contributed by atoms with Crippen molar-refractivity contribution in [2.75, 3.05) is 13.1 Å². The van der Waals surface area contributed by atoms with Crippen LogP contribution in [0.3, 0.4) is 0 Å². The molecule has 2 heterocycles. The number of hydrogen-bond donors (Lipinski definition) is 2. The average molecular weight is 265 g/mol. The summed E-state index contributed by atoms with van der Waals surface area (Å²) in [5.41, 5.74) is 0.441. The van der Waals surface area contributed by atoms with Crippen molar-refractivity contribution in [2.45, 2.75) is 24.9 Å². The molecule has 16 heavy (non-hydrogen) atoms. The van der Waals surface area contributed by atoms with Gasteiger partial charge in [0.15, 0.2) is 0 Å². The van der Waals surface area contributed by atoms with Crippen molar-refractivity contribution in [2.24, 2.45) is 0 Å². The van der Waals surface area contributed by atoms with Crippen molar-refractivity contribution in [1.82, 2.24) is 10.3 Å². The topological polar surface area (TPSA) is 45.2 Å². The fourth-order valence-corrected chi connectivity index (χ4v) is 1.91. The molecule has 5 heteroatoms. The maximum atomic E-state index is 10.2. The number of pyridine rings is 1. The fraction of sp³-hybridized carbons (Fsp3) is 0.545. The highest BCUT2D eigenvalue weighted by Crippen LogP contribution is 2.21. The van der Waals surface area contributed by atoms with Crippen molar-refractivity contribution < 1.29 is 5.11 Å². The van der Waals surface area contributed by atoms with Crippen molar-refractivity contribution in [3.8, 4) is 0 Å². The molecule has 0 aromatic carbocycles. The Morgan fingerprint density at radius 3 is 2.50 bits per heavy atom. The first-order valence-corrected chi connectivity index (χ1v) is 5.12. The first-order valence-electron chi connectivity index (χ1n) is 5.12. The molecule has 0 bridgehead atoms. The normalized spacial score (nSPS) is 18.1. The lowest BCUT2D eigenvalue weighted by Crippen LogP contribution is -2.43. The van der Waals surface area contributed by atoms with Gasteiger partial charge in [0.1, 0.15) is 0 Å². The SMILES string of the molecule is Cl.Cl.OC1(Cc2ccccn2)CCNCC1. The molecule has 1 aromatic rings. The number of hydrogen-bond acceptors (Lipinski definition) is 3. The lowest BCUT2D eigenvalue weighted by atomic mass is 9.88. The molecule has 1 saturated heterocycles. The highest BCUT2D eigenvalue weighted by Gasteiger charge is 2.29. The predicted molar refractivity (Wildman–Crippen MR) is 69.5 cm³/mol. The Bertz CT molecular complexity index is 289. The van der Waals surface area contributed by atoms with E-state index in [9.17, 15) is 5.11 Å². The Hall–Kier alpha value is -0.350. The minimum atomic E-state index is -0.542. The van der Waals surface area contributed by atoms with Gasteiger partial charge in [-0.15, -0.1) is 24.8 Å². The number of piperidine rings is 1. The summed E-state index contributed by atoms with van der Waals surface area (Å²) in [4.78, 5) is 4.24. The Balaban J connectivity index is 0.00000112. The van der Waals surface area contributed by atoms with Crippen LogP contribution < -0.4 is 5.32 Å². The second-order valence-corrected chi connectivity index (χ2v) is 3.97. The van der Waals surface area contributed by atoms with Gasteiger partial charge in [0.2, 0.25) is 0 Å². The fourth-order valence-electron chi connectivity index (χ4n) is 1.91. The largest absolute Gasteiger partial charge is 0.389 e. The minimum Gasteiger partial charge on any atom is -0.389 e. The van der Waals surface area contributed by atoms with E-state index in [-0.39, 0.29) is 24.8 Å². The van der Waals surface area contributed by atoms with Crippen LogP contribution in [-0.2, 0) is 6.42 Å². The Labute approximate surface area is 108 Å². The molecule has 92 valence electrons. The second-order valence-electron chi connectivity index (χ2n) is 3.97. The van der Waals surface area contributed by atoms with Gasteiger partial charge in [-0.3, -0.25) is 4.98 Å². The zero-order valence-electron chi connectivity index (χ0n) is 9.06. The molecule has 1 aliphatic rings. The number of nitrogens with zero attached hydrogens (tertiary/aromatic N) is 1. The van der Waals surface area contributed by atoms with Crippen LogP contribution in [0.25, 0.3) is 0 Å². The van der Waals surface area contributed by atoms with Crippen LogP contribution in [-0.4, -0.2) is 28.8 Å². The molecule has 3 nitrogen and oxygen atoms in total. The summed E-state index contributed by atoms with van der Waals surface area (Å²) in [6.45, 7) is 1.81. The minimum absolute atomic E-state index is 0. The Morgan fingerprint density at radius 1 is 1.25 bits per heavy atom. The lowest BCUT2D eigenvalue weighted by Gasteiger charge is -2.32. The van der Waals surface area contributed by atoms with Gasteiger partial charge in [-0.05, 0) is 38.1 Å². The highest BCUT2D eigenvalue weighted by molar-refractivity contribution is 5.85. The van der Waals surface area contributed by atoms with Crippen LogP contribution in [0.5, 0.6) is 0 Å². The van der Waals surface area contributed by atoms with Gasteiger partial charge in [0.05, 0.1) is 5.60 Å². The van der Waals surface area contributed by atoms with E-state index < -0.39 is 5.60 Å². The smallest absolute Gasteiger partial charge is 0.0727 e. The summed E-state index contributed by atoms with van der Waals surface area (Å²) < 4.78 is 0. The number of aromatic nitrogens is 1. The molecule has 0 unspecified atom stereocenters. The van der Waals surface area contributed by atoms with E-state index in [1.807, 2.05) is 18.2 Å². The summed E-state index contributed by atoms with van der Waals surface area (Å²) in [6.07, 6.45) is 4.10. The Morgan fingerprint density at radius 2 is 1.94 bits per heavy atom. The molecule has 0 spiro atoms. The average Bonchev–Trinajstić information content (AvgIpc) is 2.19.